The van der Waals surface area contributed by atoms with Gasteiger partial charge in [-0.15, -0.1) is 11.6 Å². The molecular formula is C18H24ClN3O. The quantitative estimate of drug-likeness (QED) is 0.798. The maximum absolute atomic E-state index is 12.2. The van der Waals surface area contributed by atoms with Crippen LogP contribution in [-0.2, 0) is 4.79 Å². The third kappa shape index (κ3) is 3.09. The number of alkyl halides is 1. The first-order valence-corrected chi connectivity index (χ1v) is 8.82. The lowest BCUT2D eigenvalue weighted by atomic mass is 9.96. The molecule has 2 unspecified atom stereocenters. The van der Waals surface area contributed by atoms with Crippen molar-refractivity contribution in [1.29, 1.82) is 0 Å². The average molecular weight is 334 g/mol. The Labute approximate surface area is 142 Å². The molecule has 0 radical (unpaired) electrons. The number of nitrogens with zero attached hydrogens (tertiary/aromatic N) is 3. The second-order valence-electron chi connectivity index (χ2n) is 6.66. The molecule has 1 aromatic heterocycles. The Morgan fingerprint density at radius 1 is 1.30 bits per heavy atom. The first-order chi connectivity index (χ1) is 11.0. The van der Waals surface area contributed by atoms with Crippen LogP contribution in [0.3, 0.4) is 0 Å². The van der Waals surface area contributed by atoms with Crippen LogP contribution in [0.25, 0.3) is 11.0 Å². The molecule has 2 atom stereocenters. The maximum atomic E-state index is 12.2. The lowest BCUT2D eigenvalue weighted by molar-refractivity contribution is -0.131. The number of halogens is 1. The standard InChI is InChI=1S/C18H24ClN3O/c1-12(2)22-16-9-5-4-8-15(16)20-17(22)14-7-6-10-21(11-14)18(23)13(3)19/h4-5,8-9,12-14H,6-7,10-11H2,1-3H3. The highest BCUT2D eigenvalue weighted by Gasteiger charge is 2.30. The van der Waals surface area contributed by atoms with Crippen molar-refractivity contribution in [1.82, 2.24) is 14.5 Å². The molecule has 5 heteroatoms. The number of likely N-dealkylation sites (tertiary alicyclic amines) is 1. The minimum absolute atomic E-state index is 0.0311. The molecular weight excluding hydrogens is 310 g/mol. The fraction of sp³-hybridized carbons (Fsp3) is 0.556. The molecule has 3 rings (SSSR count). The Balaban J connectivity index is 1.96. The number of fused-ring (bicyclic) bond motifs is 1. The molecule has 2 aromatic rings. The molecule has 2 heterocycles. The summed E-state index contributed by atoms with van der Waals surface area (Å²) in [5.41, 5.74) is 2.21. The van der Waals surface area contributed by atoms with Crippen LogP contribution in [-0.4, -0.2) is 38.8 Å². The molecule has 0 spiro atoms. The highest BCUT2D eigenvalue weighted by atomic mass is 35.5. The van der Waals surface area contributed by atoms with Gasteiger partial charge in [0, 0.05) is 25.0 Å². The van der Waals surface area contributed by atoms with Crippen molar-refractivity contribution >= 4 is 28.5 Å². The van der Waals surface area contributed by atoms with E-state index in [2.05, 4.69) is 36.6 Å². The molecule has 1 aliphatic rings. The number of rotatable bonds is 3. The molecule has 1 aromatic carbocycles. The van der Waals surface area contributed by atoms with Crippen molar-refractivity contribution in [3.8, 4) is 0 Å². The summed E-state index contributed by atoms with van der Waals surface area (Å²) >= 11 is 5.99. The summed E-state index contributed by atoms with van der Waals surface area (Å²) in [6.45, 7) is 7.63. The third-order valence-corrected chi connectivity index (χ3v) is 4.76. The van der Waals surface area contributed by atoms with E-state index in [1.165, 1.54) is 5.52 Å². The minimum Gasteiger partial charge on any atom is -0.341 e. The normalized spacial score (nSPS) is 20.2. The van der Waals surface area contributed by atoms with Gasteiger partial charge in [-0.25, -0.2) is 4.98 Å². The Morgan fingerprint density at radius 2 is 2.04 bits per heavy atom. The molecule has 124 valence electrons. The predicted octanol–water partition coefficient (Wildman–Crippen LogP) is 3.95. The topological polar surface area (TPSA) is 38.1 Å². The molecule has 1 amide bonds. The number of imidazole rings is 1. The van der Waals surface area contributed by atoms with E-state index >= 15 is 0 Å². The van der Waals surface area contributed by atoms with Gasteiger partial charge in [-0.1, -0.05) is 12.1 Å². The molecule has 0 saturated carbocycles. The minimum atomic E-state index is -0.460. The summed E-state index contributed by atoms with van der Waals surface area (Å²) in [6.07, 6.45) is 2.07. The summed E-state index contributed by atoms with van der Waals surface area (Å²) < 4.78 is 2.32. The van der Waals surface area contributed by atoms with Gasteiger partial charge in [-0.05, 0) is 45.7 Å². The first kappa shape index (κ1) is 16.3. The zero-order chi connectivity index (χ0) is 16.6. The van der Waals surface area contributed by atoms with Gasteiger partial charge in [0.1, 0.15) is 11.2 Å². The number of hydrogen-bond acceptors (Lipinski definition) is 2. The van der Waals surface area contributed by atoms with E-state index in [4.69, 9.17) is 16.6 Å². The van der Waals surface area contributed by atoms with Crippen molar-refractivity contribution < 1.29 is 4.79 Å². The van der Waals surface area contributed by atoms with Crippen molar-refractivity contribution in [3.63, 3.8) is 0 Å². The van der Waals surface area contributed by atoms with Crippen LogP contribution < -0.4 is 0 Å². The second-order valence-corrected chi connectivity index (χ2v) is 7.32. The van der Waals surface area contributed by atoms with E-state index in [9.17, 15) is 4.79 Å². The Bertz CT molecular complexity index is 707. The van der Waals surface area contributed by atoms with Crippen LogP contribution in [0.1, 0.15) is 51.4 Å². The fourth-order valence-electron chi connectivity index (χ4n) is 3.53. The van der Waals surface area contributed by atoms with Gasteiger partial charge in [0.05, 0.1) is 11.0 Å². The van der Waals surface area contributed by atoms with E-state index in [0.29, 0.717) is 12.6 Å². The predicted molar refractivity (Wildman–Crippen MR) is 94.0 cm³/mol. The summed E-state index contributed by atoms with van der Waals surface area (Å²) in [6, 6.07) is 8.60. The van der Waals surface area contributed by atoms with Gasteiger partial charge in [0.15, 0.2) is 0 Å². The van der Waals surface area contributed by atoms with Crippen LogP contribution in [0.5, 0.6) is 0 Å². The molecule has 4 nitrogen and oxygen atoms in total. The molecule has 0 bridgehead atoms. The van der Waals surface area contributed by atoms with Crippen molar-refractivity contribution in [2.24, 2.45) is 0 Å². The molecule has 23 heavy (non-hydrogen) atoms. The fourth-order valence-corrected chi connectivity index (χ4v) is 3.67. The van der Waals surface area contributed by atoms with Crippen LogP contribution >= 0.6 is 11.6 Å². The molecule has 1 fully saturated rings. The zero-order valence-electron chi connectivity index (χ0n) is 14.0. The van der Waals surface area contributed by atoms with E-state index in [1.807, 2.05) is 11.0 Å². The SMILES string of the molecule is CC(Cl)C(=O)N1CCCC(c2nc3ccccc3n2C(C)C)C1. The van der Waals surface area contributed by atoms with Gasteiger partial charge < -0.3 is 9.47 Å². The number of aromatic nitrogens is 2. The lowest BCUT2D eigenvalue weighted by Gasteiger charge is -2.33. The van der Waals surface area contributed by atoms with Crippen LogP contribution in [0.2, 0.25) is 0 Å². The zero-order valence-corrected chi connectivity index (χ0v) is 14.8. The van der Waals surface area contributed by atoms with E-state index < -0.39 is 5.38 Å². The van der Waals surface area contributed by atoms with Gasteiger partial charge in [-0.2, -0.15) is 0 Å². The second kappa shape index (κ2) is 6.52. The highest BCUT2D eigenvalue weighted by molar-refractivity contribution is 6.30. The summed E-state index contributed by atoms with van der Waals surface area (Å²) in [5, 5.41) is -0.460. The molecule has 1 aliphatic heterocycles. The monoisotopic (exact) mass is 333 g/mol. The number of piperidine rings is 1. The van der Waals surface area contributed by atoms with E-state index in [-0.39, 0.29) is 11.8 Å². The third-order valence-electron chi connectivity index (χ3n) is 4.58. The molecule has 0 aliphatic carbocycles. The number of benzene rings is 1. The Hall–Kier alpha value is -1.55. The molecule has 1 saturated heterocycles. The summed E-state index contributed by atoms with van der Waals surface area (Å²) in [5.74, 6) is 1.41. The van der Waals surface area contributed by atoms with Crippen LogP contribution in [0.15, 0.2) is 24.3 Å². The van der Waals surface area contributed by atoms with Gasteiger partial charge in [0.2, 0.25) is 5.91 Å². The first-order valence-electron chi connectivity index (χ1n) is 8.38. The highest BCUT2D eigenvalue weighted by Crippen LogP contribution is 2.31. The summed E-state index contributed by atoms with van der Waals surface area (Å²) in [7, 11) is 0. The number of para-hydroxylation sites is 2. The van der Waals surface area contributed by atoms with Crippen LogP contribution in [0.4, 0.5) is 0 Å². The van der Waals surface area contributed by atoms with Crippen molar-refractivity contribution in [2.75, 3.05) is 13.1 Å². The van der Waals surface area contributed by atoms with E-state index in [1.54, 1.807) is 6.92 Å². The van der Waals surface area contributed by atoms with Gasteiger partial charge in [0.25, 0.3) is 0 Å². The number of carbonyl (C=O) groups excluding carboxylic acids is 1. The smallest absolute Gasteiger partial charge is 0.240 e. The number of hydrogen-bond donors (Lipinski definition) is 0. The van der Waals surface area contributed by atoms with Gasteiger partial charge in [-0.3, -0.25) is 4.79 Å². The number of carbonyl (C=O) groups is 1. The van der Waals surface area contributed by atoms with Crippen LogP contribution in [0, 0.1) is 0 Å². The summed E-state index contributed by atoms with van der Waals surface area (Å²) in [4.78, 5) is 19.0. The van der Waals surface area contributed by atoms with Crippen molar-refractivity contribution in [2.45, 2.75) is 50.9 Å². The maximum Gasteiger partial charge on any atom is 0.240 e. The van der Waals surface area contributed by atoms with E-state index in [0.717, 1.165) is 30.7 Å². The molecule has 0 N–H and O–H groups in total. The lowest BCUT2D eigenvalue weighted by Crippen LogP contribution is -2.42. The average Bonchev–Trinajstić information content (AvgIpc) is 2.93. The largest absolute Gasteiger partial charge is 0.341 e. The van der Waals surface area contributed by atoms with Crippen molar-refractivity contribution in [3.05, 3.63) is 30.1 Å². The Kier molecular flexibility index (Phi) is 4.62. The number of amides is 1. The Morgan fingerprint density at radius 3 is 2.74 bits per heavy atom. The van der Waals surface area contributed by atoms with Gasteiger partial charge >= 0.3 is 0 Å².